The van der Waals surface area contributed by atoms with E-state index in [1.807, 2.05) is 20.8 Å². The van der Waals surface area contributed by atoms with Crippen molar-refractivity contribution < 1.29 is 9.34 Å². The lowest BCUT2D eigenvalue weighted by atomic mass is 9.89. The quantitative estimate of drug-likeness (QED) is 0.642. The van der Waals surface area contributed by atoms with Crippen molar-refractivity contribution in [2.45, 2.75) is 26.3 Å². The molecule has 1 atom stereocenters. The lowest BCUT2D eigenvalue weighted by Gasteiger charge is -2.32. The second-order valence-electron chi connectivity index (χ2n) is 5.33. The summed E-state index contributed by atoms with van der Waals surface area (Å²) in [5.74, 6) is 0.275. The molecule has 1 unspecified atom stereocenters. The van der Waals surface area contributed by atoms with Crippen molar-refractivity contribution >= 4 is 22.8 Å². The Bertz CT molecular complexity index is 638. The van der Waals surface area contributed by atoms with Gasteiger partial charge in [-0.15, -0.1) is 0 Å². The fourth-order valence-electron chi connectivity index (χ4n) is 1.76. The van der Waals surface area contributed by atoms with Crippen molar-refractivity contribution in [3.05, 3.63) is 28.3 Å². The minimum Gasteiger partial charge on any atom is -0.424 e. The fourth-order valence-corrected chi connectivity index (χ4v) is 1.76. The molecule has 1 aromatic heterocycles. The van der Waals surface area contributed by atoms with Crippen LogP contribution in [-0.4, -0.2) is 22.0 Å². The molecule has 0 saturated carbocycles. The SMILES string of the molecule is CC(C)C(C)(CN)Nc1nc2cc([N+](=O)[O-])ccc2o1. The average molecular weight is 278 g/mol. The summed E-state index contributed by atoms with van der Waals surface area (Å²) in [5, 5.41) is 13.9. The van der Waals surface area contributed by atoms with Gasteiger partial charge < -0.3 is 15.5 Å². The molecule has 2 rings (SSSR count). The van der Waals surface area contributed by atoms with Crippen LogP contribution in [0.15, 0.2) is 22.6 Å². The van der Waals surface area contributed by atoms with Gasteiger partial charge in [-0.1, -0.05) is 13.8 Å². The van der Waals surface area contributed by atoms with Gasteiger partial charge in [0.15, 0.2) is 5.58 Å². The molecular formula is C13H18N4O3. The highest BCUT2D eigenvalue weighted by molar-refractivity contribution is 5.77. The molecule has 0 saturated heterocycles. The Morgan fingerprint density at radius 3 is 2.80 bits per heavy atom. The van der Waals surface area contributed by atoms with E-state index >= 15 is 0 Å². The number of aromatic nitrogens is 1. The zero-order valence-corrected chi connectivity index (χ0v) is 11.7. The Morgan fingerprint density at radius 1 is 1.55 bits per heavy atom. The Kier molecular flexibility index (Phi) is 3.63. The van der Waals surface area contributed by atoms with Gasteiger partial charge in [0.25, 0.3) is 11.7 Å². The van der Waals surface area contributed by atoms with Crippen LogP contribution in [0.25, 0.3) is 11.1 Å². The Hall–Kier alpha value is -2.15. The monoisotopic (exact) mass is 278 g/mol. The van der Waals surface area contributed by atoms with E-state index in [-0.39, 0.29) is 17.1 Å². The first-order valence-electron chi connectivity index (χ1n) is 6.39. The van der Waals surface area contributed by atoms with Crippen molar-refractivity contribution in [3.8, 4) is 0 Å². The van der Waals surface area contributed by atoms with Crippen LogP contribution in [-0.2, 0) is 0 Å². The molecule has 1 heterocycles. The van der Waals surface area contributed by atoms with Gasteiger partial charge in [-0.2, -0.15) is 4.98 Å². The van der Waals surface area contributed by atoms with E-state index in [0.717, 1.165) is 0 Å². The summed E-state index contributed by atoms with van der Waals surface area (Å²) in [6.45, 7) is 6.50. The second kappa shape index (κ2) is 5.09. The summed E-state index contributed by atoms with van der Waals surface area (Å²) in [5.41, 5.74) is 6.38. The van der Waals surface area contributed by atoms with Gasteiger partial charge in [-0.25, -0.2) is 0 Å². The van der Waals surface area contributed by atoms with Crippen molar-refractivity contribution in [1.82, 2.24) is 4.98 Å². The highest BCUT2D eigenvalue weighted by atomic mass is 16.6. The minimum atomic E-state index is -0.459. The van der Waals surface area contributed by atoms with E-state index in [2.05, 4.69) is 10.3 Å². The summed E-state index contributed by atoms with van der Waals surface area (Å²) < 4.78 is 5.55. The first-order chi connectivity index (χ1) is 9.35. The molecule has 0 aliphatic carbocycles. The number of fused-ring (bicyclic) bond motifs is 1. The zero-order valence-electron chi connectivity index (χ0n) is 11.7. The maximum atomic E-state index is 10.7. The number of nitrogens with two attached hydrogens (primary N) is 1. The van der Waals surface area contributed by atoms with Crippen molar-refractivity contribution in [3.63, 3.8) is 0 Å². The lowest BCUT2D eigenvalue weighted by molar-refractivity contribution is -0.384. The normalized spacial score (nSPS) is 14.4. The standard InChI is InChI=1S/C13H18N4O3/c1-8(2)13(3,7-14)16-12-15-10-6-9(17(18)19)4-5-11(10)20-12/h4-6,8H,7,14H2,1-3H3,(H,15,16). The third-order valence-corrected chi connectivity index (χ3v) is 3.67. The maximum absolute atomic E-state index is 10.7. The molecule has 108 valence electrons. The van der Waals surface area contributed by atoms with Crippen LogP contribution in [0.2, 0.25) is 0 Å². The van der Waals surface area contributed by atoms with Crippen LogP contribution in [0.1, 0.15) is 20.8 Å². The molecule has 0 radical (unpaired) electrons. The van der Waals surface area contributed by atoms with Gasteiger partial charge in [0, 0.05) is 18.7 Å². The second-order valence-corrected chi connectivity index (χ2v) is 5.33. The smallest absolute Gasteiger partial charge is 0.296 e. The van der Waals surface area contributed by atoms with Crippen LogP contribution in [0, 0.1) is 16.0 Å². The Balaban J connectivity index is 2.34. The number of nitro benzene ring substituents is 1. The van der Waals surface area contributed by atoms with Gasteiger partial charge in [-0.05, 0) is 18.9 Å². The van der Waals surface area contributed by atoms with E-state index in [0.29, 0.717) is 23.7 Å². The molecule has 0 bridgehead atoms. The number of anilines is 1. The number of nitrogens with one attached hydrogen (secondary N) is 1. The molecule has 1 aromatic carbocycles. The van der Waals surface area contributed by atoms with E-state index in [4.69, 9.17) is 10.2 Å². The molecule has 20 heavy (non-hydrogen) atoms. The van der Waals surface area contributed by atoms with E-state index in [9.17, 15) is 10.1 Å². The predicted octanol–water partition coefficient (Wildman–Crippen LogP) is 2.52. The third kappa shape index (κ3) is 2.57. The predicted molar refractivity (Wildman–Crippen MR) is 76.6 cm³/mol. The van der Waals surface area contributed by atoms with E-state index in [1.54, 1.807) is 6.07 Å². The molecule has 7 heteroatoms. The number of oxazole rings is 1. The number of nitrogens with zero attached hydrogens (tertiary/aromatic N) is 2. The van der Waals surface area contributed by atoms with Crippen LogP contribution in [0.4, 0.5) is 11.7 Å². The summed E-state index contributed by atoms with van der Waals surface area (Å²) >= 11 is 0. The van der Waals surface area contributed by atoms with Crippen molar-refractivity contribution in [1.29, 1.82) is 0 Å². The molecule has 0 spiro atoms. The van der Waals surface area contributed by atoms with Crippen LogP contribution in [0.3, 0.4) is 0 Å². The molecule has 2 aromatic rings. The zero-order chi connectivity index (χ0) is 14.9. The van der Waals surface area contributed by atoms with Crippen LogP contribution >= 0.6 is 0 Å². The average Bonchev–Trinajstić information content (AvgIpc) is 2.78. The number of nitro groups is 1. The Labute approximate surface area is 116 Å². The highest BCUT2D eigenvalue weighted by Gasteiger charge is 2.28. The van der Waals surface area contributed by atoms with Crippen LogP contribution < -0.4 is 11.1 Å². The number of benzene rings is 1. The first kappa shape index (κ1) is 14.3. The number of hydrogen-bond donors (Lipinski definition) is 2. The fraction of sp³-hybridized carbons (Fsp3) is 0.462. The number of rotatable bonds is 5. The van der Waals surface area contributed by atoms with Crippen molar-refractivity contribution in [2.75, 3.05) is 11.9 Å². The largest absolute Gasteiger partial charge is 0.424 e. The summed E-state index contributed by atoms with van der Waals surface area (Å²) in [4.78, 5) is 14.5. The van der Waals surface area contributed by atoms with Gasteiger partial charge in [0.2, 0.25) is 0 Å². The molecule has 0 fully saturated rings. The Morgan fingerprint density at radius 2 is 2.25 bits per heavy atom. The first-order valence-corrected chi connectivity index (χ1v) is 6.39. The molecule has 0 amide bonds. The molecule has 7 nitrogen and oxygen atoms in total. The summed E-state index contributed by atoms with van der Waals surface area (Å²) in [6, 6.07) is 4.64. The van der Waals surface area contributed by atoms with Gasteiger partial charge >= 0.3 is 0 Å². The maximum Gasteiger partial charge on any atom is 0.296 e. The van der Waals surface area contributed by atoms with Gasteiger partial charge in [0.05, 0.1) is 10.5 Å². The van der Waals surface area contributed by atoms with Crippen molar-refractivity contribution in [2.24, 2.45) is 11.7 Å². The lowest BCUT2D eigenvalue weighted by Crippen LogP contribution is -2.47. The van der Waals surface area contributed by atoms with Gasteiger partial charge in [0.1, 0.15) is 5.52 Å². The van der Waals surface area contributed by atoms with Gasteiger partial charge in [-0.3, -0.25) is 10.1 Å². The van der Waals surface area contributed by atoms with Crippen LogP contribution in [0.5, 0.6) is 0 Å². The summed E-state index contributed by atoms with van der Waals surface area (Å²) in [7, 11) is 0. The number of hydrogen-bond acceptors (Lipinski definition) is 6. The molecule has 0 aliphatic heterocycles. The molecule has 0 aliphatic rings. The number of non-ortho nitro benzene ring substituents is 1. The molecule has 3 N–H and O–H groups in total. The summed E-state index contributed by atoms with van der Waals surface area (Å²) in [6.07, 6.45) is 0. The van der Waals surface area contributed by atoms with E-state index < -0.39 is 4.92 Å². The van der Waals surface area contributed by atoms with E-state index in [1.165, 1.54) is 12.1 Å². The topological polar surface area (TPSA) is 107 Å². The minimum absolute atomic E-state index is 0.0113. The third-order valence-electron chi connectivity index (χ3n) is 3.67. The molecular weight excluding hydrogens is 260 g/mol. The highest BCUT2D eigenvalue weighted by Crippen LogP contribution is 2.27.